The van der Waals surface area contributed by atoms with Crippen molar-refractivity contribution in [1.29, 1.82) is 0 Å². The van der Waals surface area contributed by atoms with E-state index in [0.717, 1.165) is 42.8 Å². The van der Waals surface area contributed by atoms with Gasteiger partial charge in [-0.1, -0.05) is 36.7 Å². The van der Waals surface area contributed by atoms with Crippen LogP contribution in [-0.2, 0) is 26.6 Å². The standard InChI is InChI=1S/C35H47ClN2O7S/c1-22(33(46(37,42)43)16-23(2)44-3)6-4-8-31(39)28-12-9-26(28)19-38-20-35(15-5-7-24-17-27(36)11-13-29(24)35)21-45-32-14-10-25(34(40)41)18-30(32)38/h4,8,10-11,13-14,17-18,22-23,26,28,31,33,39H,5-7,9,12,15-16,19-21H2,1-3H3,(H,40,41)(H2,37,42,43)/b8-4+/t22-,23+,26-,28+,31-,33-,35-/m0/s1. The van der Waals surface area contributed by atoms with Crippen LogP contribution < -0.4 is 14.8 Å². The number of hydrogen-bond acceptors (Lipinski definition) is 7. The number of aromatic carboxylic acids is 1. The summed E-state index contributed by atoms with van der Waals surface area (Å²) < 4.78 is 36.3. The van der Waals surface area contributed by atoms with Crippen LogP contribution in [0, 0.1) is 17.8 Å². The first-order valence-corrected chi connectivity index (χ1v) is 18.2. The number of methoxy groups -OCH3 is 1. The summed E-state index contributed by atoms with van der Waals surface area (Å²) in [5, 5.41) is 26.6. The number of carbonyl (C=O) groups is 1. The molecule has 0 radical (unpaired) electrons. The molecule has 1 saturated carbocycles. The van der Waals surface area contributed by atoms with Gasteiger partial charge in [-0.25, -0.2) is 18.4 Å². The van der Waals surface area contributed by atoms with Gasteiger partial charge in [0.2, 0.25) is 10.0 Å². The summed E-state index contributed by atoms with van der Waals surface area (Å²) in [5.41, 5.74) is 3.16. The number of carboxylic acid groups (broad SMARTS) is 1. The predicted octanol–water partition coefficient (Wildman–Crippen LogP) is 5.56. The molecule has 4 N–H and O–H groups in total. The van der Waals surface area contributed by atoms with E-state index in [9.17, 15) is 23.4 Å². The molecule has 11 heteroatoms. The molecule has 0 unspecified atom stereocenters. The summed E-state index contributed by atoms with van der Waals surface area (Å²) in [5.74, 6) is -0.355. The van der Waals surface area contributed by atoms with Crippen molar-refractivity contribution in [3.63, 3.8) is 0 Å². The Hall–Kier alpha value is -2.63. The smallest absolute Gasteiger partial charge is 0.335 e. The van der Waals surface area contributed by atoms with E-state index in [4.69, 9.17) is 26.2 Å². The second kappa shape index (κ2) is 14.2. The summed E-state index contributed by atoms with van der Waals surface area (Å²) in [7, 11) is -2.21. The first-order chi connectivity index (χ1) is 21.8. The highest BCUT2D eigenvalue weighted by molar-refractivity contribution is 7.89. The lowest BCUT2D eigenvalue weighted by Gasteiger charge is -2.45. The molecular formula is C35H47ClN2O7S. The molecule has 1 spiro atoms. The number of allylic oxidation sites excluding steroid dienone is 1. The Morgan fingerprint density at radius 1 is 1.24 bits per heavy atom. The summed E-state index contributed by atoms with van der Waals surface area (Å²) in [6, 6.07) is 11.2. The molecule has 0 aromatic heterocycles. The first-order valence-electron chi connectivity index (χ1n) is 16.2. The van der Waals surface area contributed by atoms with Crippen LogP contribution in [0.3, 0.4) is 0 Å². The number of rotatable bonds is 12. The van der Waals surface area contributed by atoms with Gasteiger partial charge in [-0.15, -0.1) is 0 Å². The minimum absolute atomic E-state index is 0.0257. The number of aliphatic hydroxyl groups excluding tert-OH is 1. The Morgan fingerprint density at radius 2 is 2.02 bits per heavy atom. The van der Waals surface area contributed by atoms with Gasteiger partial charge in [0, 0.05) is 30.6 Å². The van der Waals surface area contributed by atoms with Crippen LogP contribution in [0.2, 0.25) is 5.02 Å². The van der Waals surface area contributed by atoms with E-state index in [1.807, 2.05) is 26.0 Å². The topological polar surface area (TPSA) is 139 Å². The number of nitrogens with zero attached hydrogens (tertiary/aromatic N) is 1. The SMILES string of the molecule is CO[C@H](C)C[C@@H]([C@@H](C)C/C=C/[C@H](O)[C@@H]1CC[C@H]1CN1C[C@@]2(CCCc3cc(Cl)ccc32)COc2ccc(C(=O)O)cc21)S(N)(=O)=O. The third kappa shape index (κ3) is 7.57. The minimum Gasteiger partial charge on any atom is -0.490 e. The number of hydrogen-bond donors (Lipinski definition) is 3. The van der Waals surface area contributed by atoms with Crippen molar-refractivity contribution in [2.24, 2.45) is 22.9 Å². The number of nitrogens with two attached hydrogens (primary N) is 1. The van der Waals surface area contributed by atoms with E-state index >= 15 is 0 Å². The molecule has 1 fully saturated rings. The number of sulfonamides is 1. The summed E-state index contributed by atoms with van der Waals surface area (Å²) in [4.78, 5) is 14.2. The maximum atomic E-state index is 12.3. The second-order valence-electron chi connectivity index (χ2n) is 13.6. The van der Waals surface area contributed by atoms with Gasteiger partial charge >= 0.3 is 5.97 Å². The fourth-order valence-corrected chi connectivity index (χ4v) is 9.13. The van der Waals surface area contributed by atoms with Gasteiger partial charge < -0.3 is 24.6 Å². The Kier molecular flexibility index (Phi) is 10.7. The van der Waals surface area contributed by atoms with E-state index < -0.39 is 27.3 Å². The first kappa shape index (κ1) is 34.7. The lowest BCUT2D eigenvalue weighted by Crippen LogP contribution is -2.49. The molecular weight excluding hydrogens is 628 g/mol. The van der Waals surface area contributed by atoms with Gasteiger partial charge in [0.15, 0.2) is 0 Å². The van der Waals surface area contributed by atoms with Crippen molar-refractivity contribution < 1.29 is 32.9 Å². The molecule has 46 heavy (non-hydrogen) atoms. The van der Waals surface area contributed by atoms with Crippen LogP contribution in [0.15, 0.2) is 48.6 Å². The molecule has 0 saturated heterocycles. The van der Waals surface area contributed by atoms with E-state index in [0.29, 0.717) is 38.3 Å². The third-order valence-corrected chi connectivity index (χ3v) is 12.3. The molecule has 1 heterocycles. The van der Waals surface area contributed by atoms with Gasteiger partial charge in [0.1, 0.15) is 5.75 Å². The highest BCUT2D eigenvalue weighted by Crippen LogP contribution is 2.46. The molecule has 9 nitrogen and oxygen atoms in total. The number of ether oxygens (including phenoxy) is 2. The number of benzene rings is 2. The molecule has 2 aliphatic carbocycles. The van der Waals surface area contributed by atoms with Gasteiger partial charge in [-0.2, -0.15) is 0 Å². The molecule has 2 aromatic rings. The number of carboxylic acids is 1. The fraction of sp³-hybridized carbons (Fsp3) is 0.571. The highest BCUT2D eigenvalue weighted by atomic mass is 35.5. The average molecular weight is 675 g/mol. The van der Waals surface area contributed by atoms with Crippen molar-refractivity contribution in [2.75, 3.05) is 31.7 Å². The van der Waals surface area contributed by atoms with Crippen molar-refractivity contribution in [2.45, 2.75) is 81.7 Å². The summed E-state index contributed by atoms with van der Waals surface area (Å²) >= 11 is 6.38. The zero-order chi connectivity index (χ0) is 33.2. The fourth-order valence-electron chi connectivity index (χ4n) is 7.64. The van der Waals surface area contributed by atoms with Crippen molar-refractivity contribution in [3.05, 3.63) is 70.3 Å². The Balaban J connectivity index is 1.34. The molecule has 252 valence electrons. The predicted molar refractivity (Wildman–Crippen MR) is 180 cm³/mol. The average Bonchev–Trinajstić information content (AvgIpc) is 3.14. The zero-order valence-corrected chi connectivity index (χ0v) is 28.5. The molecule has 0 amide bonds. The van der Waals surface area contributed by atoms with Gasteiger partial charge in [0.25, 0.3) is 0 Å². The zero-order valence-electron chi connectivity index (χ0n) is 26.9. The van der Waals surface area contributed by atoms with Crippen LogP contribution in [-0.4, -0.2) is 68.9 Å². The maximum Gasteiger partial charge on any atom is 0.335 e. The molecule has 1 aliphatic heterocycles. The monoisotopic (exact) mass is 674 g/mol. The Bertz CT molecular complexity index is 1550. The van der Waals surface area contributed by atoms with Crippen LogP contribution >= 0.6 is 11.6 Å². The van der Waals surface area contributed by atoms with E-state index in [1.165, 1.54) is 11.1 Å². The van der Waals surface area contributed by atoms with Crippen LogP contribution in [0.25, 0.3) is 0 Å². The van der Waals surface area contributed by atoms with Gasteiger partial charge in [0.05, 0.1) is 35.3 Å². The minimum atomic E-state index is -3.76. The second-order valence-corrected chi connectivity index (χ2v) is 15.9. The largest absolute Gasteiger partial charge is 0.490 e. The van der Waals surface area contributed by atoms with Crippen molar-refractivity contribution in [3.8, 4) is 5.75 Å². The lowest BCUT2D eigenvalue weighted by atomic mass is 9.68. The van der Waals surface area contributed by atoms with Gasteiger partial charge in [-0.05, 0) is 111 Å². The summed E-state index contributed by atoms with van der Waals surface area (Å²) in [6.45, 7) is 5.48. The highest BCUT2D eigenvalue weighted by Gasteiger charge is 2.44. The normalized spacial score (nSPS) is 25.5. The molecule has 2 aromatic carbocycles. The molecule has 5 rings (SSSR count). The van der Waals surface area contributed by atoms with E-state index in [2.05, 4.69) is 17.0 Å². The Morgan fingerprint density at radius 3 is 2.70 bits per heavy atom. The number of fused-ring (bicyclic) bond motifs is 3. The number of primary sulfonamides is 1. The van der Waals surface area contributed by atoms with Gasteiger partial charge in [-0.3, -0.25) is 0 Å². The number of aryl methyl sites for hydroxylation is 1. The quantitative estimate of drug-likeness (QED) is 0.249. The van der Waals surface area contributed by atoms with Crippen molar-refractivity contribution >= 4 is 33.3 Å². The molecule has 0 bridgehead atoms. The van der Waals surface area contributed by atoms with E-state index in [1.54, 1.807) is 31.4 Å². The molecule has 7 atom stereocenters. The molecule has 3 aliphatic rings. The Labute approximate surface area is 277 Å². The number of aliphatic hydroxyl groups is 1. The third-order valence-electron chi connectivity index (χ3n) is 10.5. The number of halogens is 1. The van der Waals surface area contributed by atoms with E-state index in [-0.39, 0.29) is 34.8 Å². The van der Waals surface area contributed by atoms with Crippen LogP contribution in [0.1, 0.15) is 73.9 Å². The van der Waals surface area contributed by atoms with Crippen LogP contribution in [0.4, 0.5) is 5.69 Å². The van der Waals surface area contributed by atoms with Crippen molar-refractivity contribution in [1.82, 2.24) is 0 Å². The van der Waals surface area contributed by atoms with Crippen LogP contribution in [0.5, 0.6) is 5.75 Å². The number of anilines is 1. The lowest BCUT2D eigenvalue weighted by molar-refractivity contribution is 0.0455. The summed E-state index contributed by atoms with van der Waals surface area (Å²) in [6.07, 6.45) is 8.23. The maximum absolute atomic E-state index is 12.3.